The monoisotopic (exact) mass is 264 g/mol. The van der Waals surface area contributed by atoms with Gasteiger partial charge in [-0.2, -0.15) is 0 Å². The molecule has 19 heavy (non-hydrogen) atoms. The molecule has 0 amide bonds. The lowest BCUT2D eigenvalue weighted by Gasteiger charge is -2.26. The van der Waals surface area contributed by atoms with Gasteiger partial charge in [0.05, 0.1) is 13.2 Å². The maximum atomic E-state index is 10.8. The highest BCUT2D eigenvalue weighted by Gasteiger charge is 2.40. The minimum absolute atomic E-state index is 0.222. The Morgan fingerprint density at radius 3 is 2.84 bits per heavy atom. The molecule has 4 heteroatoms. The van der Waals surface area contributed by atoms with Gasteiger partial charge in [-0.05, 0) is 12.0 Å². The molecule has 0 bridgehead atoms. The molecule has 0 saturated carbocycles. The molecule has 1 saturated heterocycles. The largest absolute Gasteiger partial charge is 0.374 e. The number of methoxy groups -OCH3 is 1. The van der Waals surface area contributed by atoms with Crippen LogP contribution in [0.3, 0.4) is 0 Å². The van der Waals surface area contributed by atoms with Crippen molar-refractivity contribution in [2.24, 2.45) is 0 Å². The molecular weight excluding hydrogens is 244 g/mol. The molecule has 1 fully saturated rings. The molecule has 1 aromatic carbocycles. The first-order valence-corrected chi connectivity index (χ1v) is 6.54. The number of carbonyl (C=O) groups excluding carboxylic acids is 1. The molecule has 1 aliphatic rings. The molecule has 0 spiro atoms. The van der Waals surface area contributed by atoms with E-state index in [0.29, 0.717) is 19.6 Å². The van der Waals surface area contributed by atoms with Gasteiger partial charge in [0.25, 0.3) is 0 Å². The van der Waals surface area contributed by atoms with E-state index in [0.717, 1.165) is 24.7 Å². The van der Waals surface area contributed by atoms with E-state index in [-0.39, 0.29) is 6.29 Å². The fraction of sp³-hybridized carbons (Fsp3) is 0.533. The second-order valence-corrected chi connectivity index (χ2v) is 4.85. The number of rotatable bonds is 7. The van der Waals surface area contributed by atoms with Gasteiger partial charge < -0.3 is 19.0 Å². The average Bonchev–Trinajstić information content (AvgIpc) is 2.84. The van der Waals surface area contributed by atoms with E-state index >= 15 is 0 Å². The summed E-state index contributed by atoms with van der Waals surface area (Å²) in [6.45, 7) is 0.947. The molecule has 0 unspecified atom stereocenters. The van der Waals surface area contributed by atoms with Crippen molar-refractivity contribution in [2.75, 3.05) is 13.7 Å². The van der Waals surface area contributed by atoms with Crippen LogP contribution in [0.2, 0.25) is 0 Å². The van der Waals surface area contributed by atoms with Crippen molar-refractivity contribution >= 4 is 6.29 Å². The number of hydrogen-bond donors (Lipinski definition) is 0. The quantitative estimate of drug-likeness (QED) is 0.709. The standard InChI is InChI=1S/C15H20O4/c1-17-14-7-8-15(19-14,9-10-16)12-18-11-13-5-3-2-4-6-13/h2-6,10,14H,7-9,11-12H2,1H3/t14-,15+/m0/s1. The maximum absolute atomic E-state index is 10.8. The Bertz CT molecular complexity index is 392. The van der Waals surface area contributed by atoms with Gasteiger partial charge in [-0.15, -0.1) is 0 Å². The van der Waals surface area contributed by atoms with Crippen molar-refractivity contribution in [3.63, 3.8) is 0 Å². The summed E-state index contributed by atoms with van der Waals surface area (Å²) in [5.41, 5.74) is 0.599. The zero-order valence-corrected chi connectivity index (χ0v) is 11.2. The van der Waals surface area contributed by atoms with Crippen LogP contribution in [0.4, 0.5) is 0 Å². The van der Waals surface area contributed by atoms with Crippen molar-refractivity contribution in [1.29, 1.82) is 0 Å². The highest BCUT2D eigenvalue weighted by atomic mass is 16.7. The first-order chi connectivity index (χ1) is 9.28. The smallest absolute Gasteiger partial charge is 0.158 e. The predicted octanol–water partition coefficient (Wildman–Crippen LogP) is 2.31. The zero-order chi connectivity index (χ0) is 13.6. The van der Waals surface area contributed by atoms with Crippen LogP contribution in [0.25, 0.3) is 0 Å². The third-order valence-corrected chi connectivity index (χ3v) is 3.41. The van der Waals surface area contributed by atoms with E-state index in [9.17, 15) is 4.79 Å². The molecule has 1 heterocycles. The normalized spacial score (nSPS) is 26.5. The Morgan fingerprint density at radius 1 is 1.42 bits per heavy atom. The van der Waals surface area contributed by atoms with Crippen LogP contribution in [0.1, 0.15) is 24.8 Å². The highest BCUT2D eigenvalue weighted by Crippen LogP contribution is 2.33. The second kappa shape index (κ2) is 6.80. The minimum Gasteiger partial charge on any atom is -0.374 e. The summed E-state index contributed by atoms with van der Waals surface area (Å²) in [4.78, 5) is 10.8. The average molecular weight is 264 g/mol. The Balaban J connectivity index is 1.86. The topological polar surface area (TPSA) is 44.8 Å². The maximum Gasteiger partial charge on any atom is 0.158 e. The van der Waals surface area contributed by atoms with Crippen LogP contribution in [0.15, 0.2) is 30.3 Å². The Morgan fingerprint density at radius 2 is 2.21 bits per heavy atom. The Labute approximate surface area is 113 Å². The van der Waals surface area contributed by atoms with E-state index in [2.05, 4.69) is 0 Å². The Kier molecular flexibility index (Phi) is 5.07. The van der Waals surface area contributed by atoms with Crippen molar-refractivity contribution in [2.45, 2.75) is 37.8 Å². The third kappa shape index (κ3) is 3.86. The SMILES string of the molecule is CO[C@@H]1CC[C@@](CC=O)(COCc2ccccc2)O1. The molecule has 2 atom stereocenters. The molecule has 0 aromatic heterocycles. The van der Waals surface area contributed by atoms with E-state index in [1.165, 1.54) is 0 Å². The lowest BCUT2D eigenvalue weighted by atomic mass is 9.98. The molecule has 4 nitrogen and oxygen atoms in total. The first-order valence-electron chi connectivity index (χ1n) is 6.54. The summed E-state index contributed by atoms with van der Waals surface area (Å²) in [5.74, 6) is 0. The van der Waals surface area contributed by atoms with Crippen LogP contribution >= 0.6 is 0 Å². The fourth-order valence-electron chi connectivity index (χ4n) is 2.34. The molecule has 0 aliphatic carbocycles. The summed E-state index contributed by atoms with van der Waals surface area (Å²) in [6, 6.07) is 9.96. The van der Waals surface area contributed by atoms with E-state index in [1.807, 2.05) is 30.3 Å². The van der Waals surface area contributed by atoms with Gasteiger partial charge in [0.2, 0.25) is 0 Å². The number of carbonyl (C=O) groups is 1. The lowest BCUT2D eigenvalue weighted by molar-refractivity contribution is -0.176. The van der Waals surface area contributed by atoms with Gasteiger partial charge >= 0.3 is 0 Å². The van der Waals surface area contributed by atoms with Crippen molar-refractivity contribution in [3.8, 4) is 0 Å². The summed E-state index contributed by atoms with van der Waals surface area (Å²) in [6.07, 6.45) is 2.61. The molecule has 0 radical (unpaired) electrons. The number of hydrogen-bond acceptors (Lipinski definition) is 4. The fourth-order valence-corrected chi connectivity index (χ4v) is 2.34. The van der Waals surface area contributed by atoms with Crippen LogP contribution in [0.5, 0.6) is 0 Å². The molecule has 1 aliphatic heterocycles. The summed E-state index contributed by atoms with van der Waals surface area (Å²) in [7, 11) is 1.62. The van der Waals surface area contributed by atoms with Gasteiger partial charge in [0.1, 0.15) is 11.9 Å². The number of benzene rings is 1. The predicted molar refractivity (Wildman–Crippen MR) is 70.6 cm³/mol. The molecule has 1 aromatic rings. The first kappa shape index (κ1) is 14.2. The van der Waals surface area contributed by atoms with Crippen LogP contribution in [-0.4, -0.2) is 31.9 Å². The minimum atomic E-state index is -0.517. The Hall–Kier alpha value is -1.23. The van der Waals surface area contributed by atoms with Crippen LogP contribution in [0, 0.1) is 0 Å². The van der Waals surface area contributed by atoms with Gasteiger partial charge in [-0.3, -0.25) is 0 Å². The van der Waals surface area contributed by atoms with Gasteiger partial charge in [-0.1, -0.05) is 30.3 Å². The summed E-state index contributed by atoms with van der Waals surface area (Å²) in [5, 5.41) is 0. The van der Waals surface area contributed by atoms with Gasteiger partial charge in [0.15, 0.2) is 6.29 Å². The van der Waals surface area contributed by atoms with E-state index in [1.54, 1.807) is 7.11 Å². The molecule has 2 rings (SSSR count). The highest BCUT2D eigenvalue weighted by molar-refractivity contribution is 5.51. The van der Waals surface area contributed by atoms with Crippen molar-refractivity contribution in [3.05, 3.63) is 35.9 Å². The summed E-state index contributed by atoms with van der Waals surface area (Å²) < 4.78 is 16.7. The van der Waals surface area contributed by atoms with E-state index < -0.39 is 5.60 Å². The van der Waals surface area contributed by atoms with E-state index in [4.69, 9.17) is 14.2 Å². The molecular formula is C15H20O4. The number of aldehydes is 1. The number of ether oxygens (including phenoxy) is 3. The van der Waals surface area contributed by atoms with Gasteiger partial charge in [-0.25, -0.2) is 0 Å². The molecule has 0 N–H and O–H groups in total. The van der Waals surface area contributed by atoms with Crippen molar-refractivity contribution in [1.82, 2.24) is 0 Å². The zero-order valence-electron chi connectivity index (χ0n) is 11.2. The molecule has 104 valence electrons. The lowest BCUT2D eigenvalue weighted by Crippen LogP contribution is -2.35. The van der Waals surface area contributed by atoms with Crippen LogP contribution in [-0.2, 0) is 25.6 Å². The second-order valence-electron chi connectivity index (χ2n) is 4.85. The van der Waals surface area contributed by atoms with Gasteiger partial charge in [0, 0.05) is 20.0 Å². The third-order valence-electron chi connectivity index (χ3n) is 3.41. The summed E-state index contributed by atoms with van der Waals surface area (Å²) >= 11 is 0. The van der Waals surface area contributed by atoms with Crippen LogP contribution < -0.4 is 0 Å². The van der Waals surface area contributed by atoms with Crippen molar-refractivity contribution < 1.29 is 19.0 Å².